The molecule has 1 heterocycles. The lowest BCUT2D eigenvalue weighted by Crippen LogP contribution is -2.25. The van der Waals surface area contributed by atoms with E-state index in [0.29, 0.717) is 17.1 Å². The summed E-state index contributed by atoms with van der Waals surface area (Å²) in [5.74, 6) is 1.14. The number of aryl methyl sites for hydroxylation is 3. The highest BCUT2D eigenvalue weighted by Crippen LogP contribution is 2.37. The van der Waals surface area contributed by atoms with Crippen LogP contribution >= 0.6 is 0 Å². The molecule has 0 atom stereocenters. The van der Waals surface area contributed by atoms with Crippen molar-refractivity contribution < 1.29 is 17.9 Å². The fraction of sp³-hybridized carbons (Fsp3) is 0.200. The van der Waals surface area contributed by atoms with Gasteiger partial charge in [0.2, 0.25) is 0 Å². The van der Waals surface area contributed by atoms with Crippen LogP contribution in [0.4, 0.5) is 18.9 Å². The predicted molar refractivity (Wildman–Crippen MR) is 138 cm³/mol. The van der Waals surface area contributed by atoms with Gasteiger partial charge in [0, 0.05) is 5.69 Å². The minimum Gasteiger partial charge on any atom is -0.457 e. The van der Waals surface area contributed by atoms with Crippen molar-refractivity contribution in [1.82, 2.24) is 4.57 Å². The first kappa shape index (κ1) is 25.8. The van der Waals surface area contributed by atoms with Gasteiger partial charge in [0.1, 0.15) is 11.5 Å². The van der Waals surface area contributed by atoms with E-state index in [-0.39, 0.29) is 12.2 Å². The first-order chi connectivity index (χ1) is 17.6. The number of hydrogen-bond acceptors (Lipinski definition) is 2. The molecule has 1 aromatic heterocycles. The highest BCUT2D eigenvalue weighted by atomic mass is 19.4. The van der Waals surface area contributed by atoms with Crippen LogP contribution in [0.5, 0.6) is 11.5 Å². The second-order valence-electron chi connectivity index (χ2n) is 8.85. The zero-order chi connectivity index (χ0) is 26.7. The standard InChI is InChI=1S/C30H25F3N2O2/c1-5-21-7-12-24(13-8-21)37-25-14-10-22(11-15-25)27-17-26(30(31,32)33)28(34-4)29(36)35(27)18-23-9-6-19(2)16-20(23)3/h6-17H,5,18H2,1-3H3. The molecule has 0 aliphatic heterocycles. The van der Waals surface area contributed by atoms with Crippen molar-refractivity contribution in [2.75, 3.05) is 0 Å². The molecule has 37 heavy (non-hydrogen) atoms. The Hall–Kier alpha value is -4.31. The van der Waals surface area contributed by atoms with Gasteiger partial charge in [0.15, 0.2) is 0 Å². The first-order valence-corrected chi connectivity index (χ1v) is 11.8. The van der Waals surface area contributed by atoms with Gasteiger partial charge >= 0.3 is 6.18 Å². The molecule has 0 spiro atoms. The average molecular weight is 503 g/mol. The molecule has 0 aliphatic rings. The maximum absolute atomic E-state index is 13.8. The number of hydrogen-bond donors (Lipinski definition) is 0. The molecule has 0 bridgehead atoms. The average Bonchev–Trinajstić information content (AvgIpc) is 2.86. The van der Waals surface area contributed by atoms with Crippen LogP contribution in [0.25, 0.3) is 16.1 Å². The molecule has 4 rings (SSSR count). The van der Waals surface area contributed by atoms with Crippen LogP contribution in [-0.4, -0.2) is 4.57 Å². The number of alkyl halides is 3. The Labute approximate surface area is 213 Å². The largest absolute Gasteiger partial charge is 0.457 e. The van der Waals surface area contributed by atoms with Gasteiger partial charge in [-0.3, -0.25) is 4.79 Å². The van der Waals surface area contributed by atoms with Crippen LogP contribution in [0.2, 0.25) is 0 Å². The lowest BCUT2D eigenvalue weighted by atomic mass is 10.0. The van der Waals surface area contributed by atoms with E-state index >= 15 is 0 Å². The molecule has 0 saturated heterocycles. The summed E-state index contributed by atoms with van der Waals surface area (Å²) in [6, 6.07) is 20.7. The monoisotopic (exact) mass is 502 g/mol. The van der Waals surface area contributed by atoms with Crippen molar-refractivity contribution in [2.24, 2.45) is 0 Å². The minimum atomic E-state index is -4.85. The van der Waals surface area contributed by atoms with Crippen LogP contribution in [0.3, 0.4) is 0 Å². The predicted octanol–water partition coefficient (Wildman–Crippen LogP) is 8.10. The van der Waals surface area contributed by atoms with Crippen LogP contribution in [0.1, 0.15) is 34.7 Å². The Morgan fingerprint density at radius 1 is 0.919 bits per heavy atom. The highest BCUT2D eigenvalue weighted by Gasteiger charge is 2.36. The molecule has 0 amide bonds. The van der Waals surface area contributed by atoms with E-state index in [2.05, 4.69) is 11.8 Å². The number of benzene rings is 3. The molecule has 4 aromatic rings. The Kier molecular flexibility index (Phi) is 7.21. The molecule has 0 unspecified atom stereocenters. The van der Waals surface area contributed by atoms with Crippen molar-refractivity contribution in [1.29, 1.82) is 0 Å². The third-order valence-corrected chi connectivity index (χ3v) is 6.24. The lowest BCUT2D eigenvalue weighted by Gasteiger charge is -2.19. The molecule has 4 nitrogen and oxygen atoms in total. The topological polar surface area (TPSA) is 35.6 Å². The summed E-state index contributed by atoms with van der Waals surface area (Å²) in [7, 11) is 0. The molecular weight excluding hydrogens is 477 g/mol. The number of halogens is 3. The van der Waals surface area contributed by atoms with Gasteiger partial charge in [-0.25, -0.2) is 4.85 Å². The van der Waals surface area contributed by atoms with Gasteiger partial charge in [0.25, 0.3) is 11.2 Å². The maximum atomic E-state index is 13.8. The van der Waals surface area contributed by atoms with Gasteiger partial charge in [-0.2, -0.15) is 13.2 Å². The lowest BCUT2D eigenvalue weighted by molar-refractivity contribution is -0.136. The van der Waals surface area contributed by atoms with Crippen molar-refractivity contribution in [3.05, 3.63) is 122 Å². The summed E-state index contributed by atoms with van der Waals surface area (Å²) in [5, 5.41) is 0. The second kappa shape index (κ2) is 10.4. The van der Waals surface area contributed by atoms with Crippen molar-refractivity contribution in [3.8, 4) is 22.8 Å². The minimum absolute atomic E-state index is 0.0307. The summed E-state index contributed by atoms with van der Waals surface area (Å²) in [6.07, 6.45) is -3.94. The molecule has 0 fully saturated rings. The normalized spacial score (nSPS) is 11.3. The molecule has 0 saturated carbocycles. The van der Waals surface area contributed by atoms with Crippen molar-refractivity contribution >= 4 is 5.69 Å². The van der Waals surface area contributed by atoms with Gasteiger partial charge in [-0.05, 0) is 85.0 Å². The Morgan fingerprint density at radius 2 is 1.54 bits per heavy atom. The smallest absolute Gasteiger partial charge is 0.407 e. The number of aromatic nitrogens is 1. The van der Waals surface area contributed by atoms with E-state index in [1.54, 1.807) is 24.3 Å². The summed E-state index contributed by atoms with van der Waals surface area (Å²) >= 11 is 0. The van der Waals surface area contributed by atoms with E-state index in [4.69, 9.17) is 11.3 Å². The fourth-order valence-corrected chi connectivity index (χ4v) is 4.17. The highest BCUT2D eigenvalue weighted by molar-refractivity contribution is 5.67. The Bertz CT molecular complexity index is 1530. The Balaban J connectivity index is 1.80. The van der Waals surface area contributed by atoms with E-state index < -0.39 is 23.0 Å². The number of rotatable bonds is 6. The van der Waals surface area contributed by atoms with Gasteiger partial charge in [0.05, 0.1) is 18.7 Å². The Morgan fingerprint density at radius 3 is 2.08 bits per heavy atom. The third kappa shape index (κ3) is 5.59. The third-order valence-electron chi connectivity index (χ3n) is 6.24. The molecular formula is C30H25F3N2O2. The molecule has 7 heteroatoms. The number of nitrogens with zero attached hydrogens (tertiary/aromatic N) is 2. The fourth-order valence-electron chi connectivity index (χ4n) is 4.17. The molecule has 188 valence electrons. The van der Waals surface area contributed by atoms with E-state index in [0.717, 1.165) is 29.2 Å². The van der Waals surface area contributed by atoms with E-state index in [1.165, 1.54) is 10.1 Å². The van der Waals surface area contributed by atoms with Crippen LogP contribution in [-0.2, 0) is 19.1 Å². The number of pyridine rings is 1. The maximum Gasteiger partial charge on any atom is 0.407 e. The summed E-state index contributed by atoms with van der Waals surface area (Å²) in [6.45, 7) is 13.2. The summed E-state index contributed by atoms with van der Waals surface area (Å²) < 4.78 is 48.6. The summed E-state index contributed by atoms with van der Waals surface area (Å²) in [5.41, 5.74) is 1.21. The molecule has 0 radical (unpaired) electrons. The van der Waals surface area contributed by atoms with Crippen LogP contribution in [0.15, 0.2) is 77.6 Å². The van der Waals surface area contributed by atoms with Crippen molar-refractivity contribution in [2.45, 2.75) is 39.9 Å². The van der Waals surface area contributed by atoms with Crippen LogP contribution < -0.4 is 10.3 Å². The van der Waals surface area contributed by atoms with Gasteiger partial charge < -0.3 is 9.30 Å². The zero-order valence-electron chi connectivity index (χ0n) is 20.7. The number of ether oxygens (including phenoxy) is 1. The van der Waals surface area contributed by atoms with Crippen LogP contribution in [0, 0.1) is 20.4 Å². The van der Waals surface area contributed by atoms with Crippen molar-refractivity contribution in [3.63, 3.8) is 0 Å². The molecule has 0 aliphatic carbocycles. The van der Waals surface area contributed by atoms with E-state index in [9.17, 15) is 18.0 Å². The van der Waals surface area contributed by atoms with Gasteiger partial charge in [-0.1, -0.05) is 42.8 Å². The zero-order valence-corrected chi connectivity index (χ0v) is 20.7. The molecule has 0 N–H and O–H groups in total. The van der Waals surface area contributed by atoms with Gasteiger partial charge in [-0.15, -0.1) is 0 Å². The second-order valence-corrected chi connectivity index (χ2v) is 8.85. The first-order valence-electron chi connectivity index (χ1n) is 11.8. The quantitative estimate of drug-likeness (QED) is 0.250. The SMILES string of the molecule is [C-]#[N+]c1c(C(F)(F)F)cc(-c2ccc(Oc3ccc(CC)cc3)cc2)n(Cc2ccc(C)cc2C)c1=O. The molecule has 3 aromatic carbocycles. The van der Waals surface area contributed by atoms with E-state index in [1.807, 2.05) is 56.3 Å². The summed E-state index contributed by atoms with van der Waals surface area (Å²) in [4.78, 5) is 16.2.